The fourth-order valence-corrected chi connectivity index (χ4v) is 4.26. The highest BCUT2D eigenvalue weighted by molar-refractivity contribution is 7.17. The maximum Gasteiger partial charge on any atom is 0.281 e. The summed E-state index contributed by atoms with van der Waals surface area (Å²) in [5, 5.41) is 1.78. The van der Waals surface area contributed by atoms with Gasteiger partial charge in [-0.2, -0.15) is 0 Å². The zero-order valence-electron chi connectivity index (χ0n) is 16.8. The molecule has 152 valence electrons. The van der Waals surface area contributed by atoms with Gasteiger partial charge in [0.2, 0.25) is 5.91 Å². The Balaban J connectivity index is 1.40. The van der Waals surface area contributed by atoms with Gasteiger partial charge < -0.3 is 4.98 Å². The smallest absolute Gasteiger partial charge is 0.281 e. The van der Waals surface area contributed by atoms with E-state index in [9.17, 15) is 9.59 Å². The lowest BCUT2D eigenvalue weighted by molar-refractivity contribution is -0.121. The molecule has 4 rings (SSSR count). The molecule has 0 atom stereocenters. The van der Waals surface area contributed by atoms with Gasteiger partial charge in [-0.1, -0.05) is 49.4 Å². The van der Waals surface area contributed by atoms with Gasteiger partial charge in [-0.15, -0.1) is 11.3 Å². The van der Waals surface area contributed by atoms with Crippen molar-refractivity contribution in [1.29, 1.82) is 0 Å². The van der Waals surface area contributed by atoms with Crippen LogP contribution in [-0.2, 0) is 17.6 Å². The summed E-state index contributed by atoms with van der Waals surface area (Å²) in [5.41, 5.74) is 9.73. The molecule has 0 aliphatic heterocycles. The third-order valence-electron chi connectivity index (χ3n) is 4.95. The van der Waals surface area contributed by atoms with Crippen LogP contribution in [0.5, 0.6) is 0 Å². The molecule has 0 saturated heterocycles. The fourth-order valence-electron chi connectivity index (χ4n) is 3.29. The Morgan fingerprint density at radius 1 is 1.07 bits per heavy atom. The number of nitrogens with zero attached hydrogens (tertiary/aromatic N) is 1. The number of benzene rings is 2. The average molecular weight is 419 g/mol. The number of rotatable bonds is 5. The number of carbonyl (C=O) groups excluding carboxylic acids is 2. The number of nitrogens with one attached hydrogen (secondary N) is 3. The number of carbonyl (C=O) groups is 2. The van der Waals surface area contributed by atoms with Gasteiger partial charge in [0.15, 0.2) is 0 Å². The molecule has 0 aliphatic rings. The summed E-state index contributed by atoms with van der Waals surface area (Å²) in [6, 6.07) is 15.9. The van der Waals surface area contributed by atoms with Crippen molar-refractivity contribution in [3.8, 4) is 10.6 Å². The number of amides is 2. The number of thiazole rings is 1. The summed E-state index contributed by atoms with van der Waals surface area (Å²) in [4.78, 5) is 33.0. The van der Waals surface area contributed by atoms with Gasteiger partial charge in [0.05, 0.1) is 12.1 Å². The van der Waals surface area contributed by atoms with Crippen LogP contribution in [0, 0.1) is 6.92 Å². The number of hydrogen-bond acceptors (Lipinski definition) is 4. The summed E-state index contributed by atoms with van der Waals surface area (Å²) in [6.45, 7) is 3.90. The molecule has 3 N–H and O–H groups in total. The number of H-pyrrole nitrogens is 1. The van der Waals surface area contributed by atoms with E-state index in [0.29, 0.717) is 10.6 Å². The van der Waals surface area contributed by atoms with E-state index >= 15 is 0 Å². The van der Waals surface area contributed by atoms with E-state index in [0.717, 1.165) is 33.5 Å². The second-order valence-corrected chi connectivity index (χ2v) is 8.02. The first-order valence-electron chi connectivity index (χ1n) is 9.76. The second kappa shape index (κ2) is 8.51. The van der Waals surface area contributed by atoms with Gasteiger partial charge >= 0.3 is 0 Å². The molecule has 6 nitrogen and oxygen atoms in total. The maximum absolute atomic E-state index is 12.6. The van der Waals surface area contributed by atoms with Crippen LogP contribution in [-0.4, -0.2) is 21.8 Å². The zero-order valence-corrected chi connectivity index (χ0v) is 17.6. The van der Waals surface area contributed by atoms with Gasteiger partial charge in [0, 0.05) is 22.7 Å². The lowest BCUT2D eigenvalue weighted by Crippen LogP contribution is -2.42. The summed E-state index contributed by atoms with van der Waals surface area (Å²) in [6.07, 6.45) is 2.96. The quantitative estimate of drug-likeness (QED) is 0.425. The molecule has 0 saturated carbocycles. The van der Waals surface area contributed by atoms with E-state index in [2.05, 4.69) is 39.9 Å². The van der Waals surface area contributed by atoms with E-state index in [1.54, 1.807) is 6.92 Å². The Bertz CT molecular complexity index is 1210. The van der Waals surface area contributed by atoms with E-state index in [-0.39, 0.29) is 18.2 Å². The number of aryl methyl sites for hydroxylation is 2. The third-order valence-corrected chi connectivity index (χ3v) is 6.16. The first-order chi connectivity index (χ1) is 14.5. The molecule has 30 heavy (non-hydrogen) atoms. The minimum Gasteiger partial charge on any atom is -0.361 e. The van der Waals surface area contributed by atoms with Crippen molar-refractivity contribution >= 4 is 34.1 Å². The number of para-hydroxylation sites is 1. The van der Waals surface area contributed by atoms with Crippen LogP contribution < -0.4 is 10.9 Å². The van der Waals surface area contributed by atoms with Crippen LogP contribution >= 0.6 is 11.3 Å². The maximum atomic E-state index is 12.6. The lowest BCUT2D eigenvalue weighted by atomic mass is 10.1. The Hall–Kier alpha value is -3.45. The Labute approximate surface area is 178 Å². The molecule has 0 aliphatic carbocycles. The Kier molecular flexibility index (Phi) is 5.63. The van der Waals surface area contributed by atoms with Crippen LogP contribution in [0.3, 0.4) is 0 Å². The van der Waals surface area contributed by atoms with Gasteiger partial charge in [-0.25, -0.2) is 4.98 Å². The molecule has 0 bridgehead atoms. The van der Waals surface area contributed by atoms with Crippen LogP contribution in [0.1, 0.15) is 33.4 Å². The van der Waals surface area contributed by atoms with E-state index in [4.69, 9.17) is 0 Å². The van der Waals surface area contributed by atoms with Crippen molar-refractivity contribution < 1.29 is 9.59 Å². The summed E-state index contributed by atoms with van der Waals surface area (Å²) in [7, 11) is 0. The van der Waals surface area contributed by atoms with Crippen LogP contribution in [0.15, 0.2) is 54.7 Å². The minimum atomic E-state index is -0.367. The lowest BCUT2D eigenvalue weighted by Gasteiger charge is -2.06. The molecule has 2 amide bonds. The highest BCUT2D eigenvalue weighted by Gasteiger charge is 2.17. The van der Waals surface area contributed by atoms with Gasteiger partial charge in [-0.3, -0.25) is 20.4 Å². The van der Waals surface area contributed by atoms with Crippen molar-refractivity contribution in [2.75, 3.05) is 0 Å². The van der Waals surface area contributed by atoms with Crippen LogP contribution in [0.2, 0.25) is 0 Å². The summed E-state index contributed by atoms with van der Waals surface area (Å²) < 4.78 is 0. The molecule has 0 radical (unpaired) electrons. The molecule has 4 aromatic rings. The topological polar surface area (TPSA) is 86.9 Å². The molecule has 7 heteroatoms. The predicted octanol–water partition coefficient (Wildman–Crippen LogP) is 4.17. The molecule has 2 heterocycles. The number of hydrazine groups is 1. The molecule has 0 spiro atoms. The molecule has 2 aromatic heterocycles. The standard InChI is InChI=1S/C23H22N4O2S/c1-3-15-8-10-16(11-9-15)23-25-14(2)21(30-23)22(29)27-26-20(28)12-17-13-24-19-7-5-4-6-18(17)19/h4-11,13,24H,3,12H2,1-2H3,(H,26,28)(H,27,29). The monoisotopic (exact) mass is 418 g/mol. The Morgan fingerprint density at radius 3 is 2.60 bits per heavy atom. The fraction of sp³-hybridized carbons (Fsp3) is 0.174. The molecule has 2 aromatic carbocycles. The number of hydrogen-bond donors (Lipinski definition) is 3. The van der Waals surface area contributed by atoms with Gasteiger partial charge in [-0.05, 0) is 30.5 Å². The van der Waals surface area contributed by atoms with Crippen molar-refractivity contribution in [3.05, 3.63) is 76.4 Å². The van der Waals surface area contributed by atoms with E-state index in [1.165, 1.54) is 16.9 Å². The molecular formula is C23H22N4O2S. The summed E-state index contributed by atoms with van der Waals surface area (Å²) >= 11 is 1.31. The minimum absolute atomic E-state index is 0.168. The second-order valence-electron chi connectivity index (χ2n) is 7.02. The highest BCUT2D eigenvalue weighted by atomic mass is 32.1. The predicted molar refractivity (Wildman–Crippen MR) is 119 cm³/mol. The van der Waals surface area contributed by atoms with E-state index < -0.39 is 0 Å². The van der Waals surface area contributed by atoms with Crippen LogP contribution in [0.25, 0.3) is 21.5 Å². The molecular weight excluding hydrogens is 396 g/mol. The first kappa shape index (κ1) is 19.8. The van der Waals surface area contributed by atoms with Crippen molar-refractivity contribution in [2.45, 2.75) is 26.7 Å². The Morgan fingerprint density at radius 2 is 1.83 bits per heavy atom. The summed E-state index contributed by atoms with van der Waals surface area (Å²) in [5.74, 6) is -0.653. The van der Waals surface area contributed by atoms with Crippen molar-refractivity contribution in [1.82, 2.24) is 20.8 Å². The SMILES string of the molecule is CCc1ccc(-c2nc(C)c(C(=O)NNC(=O)Cc3c[nH]c4ccccc34)s2)cc1. The molecule has 0 fully saturated rings. The number of fused-ring (bicyclic) bond motifs is 1. The molecule has 0 unspecified atom stereocenters. The zero-order chi connectivity index (χ0) is 21.1. The average Bonchev–Trinajstić information content (AvgIpc) is 3.36. The largest absolute Gasteiger partial charge is 0.361 e. The van der Waals surface area contributed by atoms with Gasteiger partial charge in [0.25, 0.3) is 5.91 Å². The van der Waals surface area contributed by atoms with Crippen LogP contribution in [0.4, 0.5) is 0 Å². The van der Waals surface area contributed by atoms with E-state index in [1.807, 2.05) is 42.6 Å². The first-order valence-corrected chi connectivity index (χ1v) is 10.6. The third kappa shape index (κ3) is 4.11. The van der Waals surface area contributed by atoms with Gasteiger partial charge in [0.1, 0.15) is 9.88 Å². The van der Waals surface area contributed by atoms with Crippen molar-refractivity contribution in [2.24, 2.45) is 0 Å². The number of aromatic amines is 1. The normalized spacial score (nSPS) is 10.9. The number of aromatic nitrogens is 2. The van der Waals surface area contributed by atoms with Crippen molar-refractivity contribution in [3.63, 3.8) is 0 Å². The highest BCUT2D eigenvalue weighted by Crippen LogP contribution is 2.28.